The zero-order valence-electron chi connectivity index (χ0n) is 19.8. The number of unbranched alkanes of at least 4 members (excludes halogenated alkanes) is 2. The van der Waals surface area contributed by atoms with Crippen LogP contribution in [0.1, 0.15) is 59.5 Å². The largest absolute Gasteiger partial charge is 0.494 e. The summed E-state index contributed by atoms with van der Waals surface area (Å²) in [6, 6.07) is 19.1. The Balaban J connectivity index is 1.63. The van der Waals surface area contributed by atoms with Gasteiger partial charge in [0.1, 0.15) is 11.3 Å². The van der Waals surface area contributed by atoms with Gasteiger partial charge in [0.05, 0.1) is 23.6 Å². The molecule has 0 spiro atoms. The van der Waals surface area contributed by atoms with Gasteiger partial charge >= 0.3 is 0 Å². The summed E-state index contributed by atoms with van der Waals surface area (Å²) in [7, 11) is 0. The van der Waals surface area contributed by atoms with E-state index >= 15 is 0 Å². The molecule has 0 saturated heterocycles. The van der Waals surface area contributed by atoms with Crippen molar-refractivity contribution in [2.45, 2.75) is 38.8 Å². The summed E-state index contributed by atoms with van der Waals surface area (Å²) >= 11 is 12.6. The molecule has 2 heterocycles. The van der Waals surface area contributed by atoms with Crippen LogP contribution in [-0.4, -0.2) is 17.4 Å². The molecule has 7 heteroatoms. The second-order valence-electron chi connectivity index (χ2n) is 8.87. The van der Waals surface area contributed by atoms with Gasteiger partial charge in [0, 0.05) is 16.6 Å². The number of amides is 1. The van der Waals surface area contributed by atoms with E-state index in [1.165, 1.54) is 0 Å². The number of halogens is 2. The minimum Gasteiger partial charge on any atom is -0.494 e. The summed E-state index contributed by atoms with van der Waals surface area (Å²) in [5, 5.41) is 1.31. The fourth-order valence-electron chi connectivity index (χ4n) is 4.63. The molecule has 0 radical (unpaired) electrons. The molecule has 1 amide bonds. The van der Waals surface area contributed by atoms with Gasteiger partial charge < -0.3 is 14.1 Å². The van der Waals surface area contributed by atoms with Crippen molar-refractivity contribution in [3.63, 3.8) is 0 Å². The van der Waals surface area contributed by atoms with Crippen molar-refractivity contribution in [3.05, 3.63) is 109 Å². The van der Waals surface area contributed by atoms with E-state index in [2.05, 4.69) is 6.92 Å². The molecular formula is C29H25Cl2NO4. The molecule has 1 aromatic heterocycles. The molecule has 5 rings (SSSR count). The number of benzene rings is 3. The Morgan fingerprint density at radius 1 is 0.972 bits per heavy atom. The van der Waals surface area contributed by atoms with Crippen LogP contribution in [0.3, 0.4) is 0 Å². The van der Waals surface area contributed by atoms with E-state index < -0.39 is 6.04 Å². The standard InChI is InChI=1S/C29H25Cl2NO4/c1-2-3-6-14-35-21-10-7-9-18(15-21)26-25-27(33)22-16-20(30)12-13-24(22)36-28(25)29(34)32(26)17-19-8-4-5-11-23(19)31/h4-5,7-13,15-16,26H,2-3,6,14,17H2,1H3. The highest BCUT2D eigenvalue weighted by Crippen LogP contribution is 2.40. The number of hydrogen-bond donors (Lipinski definition) is 0. The first-order valence-electron chi connectivity index (χ1n) is 12.0. The van der Waals surface area contributed by atoms with Crippen molar-refractivity contribution >= 4 is 40.1 Å². The SMILES string of the molecule is CCCCCOc1cccc(C2c3c(oc4ccc(Cl)cc4c3=O)C(=O)N2Cc2ccccc2Cl)c1. The first-order chi connectivity index (χ1) is 17.5. The molecule has 5 nitrogen and oxygen atoms in total. The summed E-state index contributed by atoms with van der Waals surface area (Å²) in [5.41, 5.74) is 1.88. The van der Waals surface area contributed by atoms with Crippen molar-refractivity contribution in [2.24, 2.45) is 0 Å². The summed E-state index contributed by atoms with van der Waals surface area (Å²) in [6.07, 6.45) is 3.15. The van der Waals surface area contributed by atoms with Crippen LogP contribution in [-0.2, 0) is 6.54 Å². The number of hydrogen-bond acceptors (Lipinski definition) is 4. The molecule has 0 fully saturated rings. The van der Waals surface area contributed by atoms with Gasteiger partial charge in [-0.15, -0.1) is 0 Å². The summed E-state index contributed by atoms with van der Waals surface area (Å²) < 4.78 is 12.0. The molecular weight excluding hydrogens is 497 g/mol. The second-order valence-corrected chi connectivity index (χ2v) is 9.71. The Labute approximate surface area is 219 Å². The molecule has 3 aromatic carbocycles. The Morgan fingerprint density at radius 3 is 2.61 bits per heavy atom. The minimum absolute atomic E-state index is 0.0427. The first kappa shape index (κ1) is 24.4. The van der Waals surface area contributed by atoms with Crippen LogP contribution < -0.4 is 10.2 Å². The van der Waals surface area contributed by atoms with Crippen LogP contribution in [0.2, 0.25) is 10.0 Å². The minimum atomic E-state index is -0.664. The van der Waals surface area contributed by atoms with Crippen LogP contribution in [0, 0.1) is 0 Å². The number of carbonyl (C=O) groups is 1. The fraction of sp³-hybridized carbons (Fsp3) is 0.241. The van der Waals surface area contributed by atoms with Crippen LogP contribution >= 0.6 is 23.2 Å². The van der Waals surface area contributed by atoms with E-state index in [-0.39, 0.29) is 23.6 Å². The van der Waals surface area contributed by atoms with Gasteiger partial charge in [-0.2, -0.15) is 0 Å². The zero-order chi connectivity index (χ0) is 25.2. The van der Waals surface area contributed by atoms with E-state index in [0.29, 0.717) is 38.9 Å². The smallest absolute Gasteiger partial charge is 0.291 e. The van der Waals surface area contributed by atoms with Crippen LogP contribution in [0.4, 0.5) is 0 Å². The average molecular weight is 522 g/mol. The Morgan fingerprint density at radius 2 is 1.81 bits per heavy atom. The van der Waals surface area contributed by atoms with E-state index in [0.717, 1.165) is 30.4 Å². The van der Waals surface area contributed by atoms with Crippen LogP contribution in [0.25, 0.3) is 11.0 Å². The van der Waals surface area contributed by atoms with E-state index in [4.69, 9.17) is 32.4 Å². The fourth-order valence-corrected chi connectivity index (χ4v) is 5.00. The number of fused-ring (bicyclic) bond motifs is 2. The maximum absolute atomic E-state index is 13.7. The number of ether oxygens (including phenoxy) is 1. The average Bonchev–Trinajstić information content (AvgIpc) is 3.15. The number of rotatable bonds is 8. The molecule has 1 unspecified atom stereocenters. The lowest BCUT2D eigenvalue weighted by atomic mass is 9.98. The van der Waals surface area contributed by atoms with Crippen molar-refractivity contribution in [3.8, 4) is 5.75 Å². The molecule has 0 N–H and O–H groups in total. The lowest BCUT2D eigenvalue weighted by molar-refractivity contribution is 0.0714. The third-order valence-electron chi connectivity index (χ3n) is 6.42. The third-order valence-corrected chi connectivity index (χ3v) is 7.02. The molecule has 0 aliphatic carbocycles. The molecule has 1 aliphatic rings. The van der Waals surface area contributed by atoms with Crippen molar-refractivity contribution in [2.75, 3.05) is 6.61 Å². The van der Waals surface area contributed by atoms with E-state index in [1.54, 1.807) is 29.2 Å². The van der Waals surface area contributed by atoms with Crippen LogP contribution in [0.5, 0.6) is 5.75 Å². The van der Waals surface area contributed by atoms with Gasteiger partial charge in [0.15, 0.2) is 5.43 Å². The zero-order valence-corrected chi connectivity index (χ0v) is 21.3. The monoisotopic (exact) mass is 521 g/mol. The molecule has 36 heavy (non-hydrogen) atoms. The second kappa shape index (κ2) is 10.4. The highest BCUT2D eigenvalue weighted by Gasteiger charge is 2.43. The lowest BCUT2D eigenvalue weighted by Gasteiger charge is -2.26. The topological polar surface area (TPSA) is 59.8 Å². The maximum atomic E-state index is 13.7. The highest BCUT2D eigenvalue weighted by atomic mass is 35.5. The number of nitrogens with zero attached hydrogens (tertiary/aromatic N) is 1. The molecule has 1 atom stereocenters. The van der Waals surface area contributed by atoms with Gasteiger partial charge in [-0.1, -0.05) is 73.3 Å². The summed E-state index contributed by atoms with van der Waals surface area (Å²) in [6.45, 7) is 2.96. The highest BCUT2D eigenvalue weighted by molar-refractivity contribution is 6.31. The van der Waals surface area contributed by atoms with Gasteiger partial charge in [0.2, 0.25) is 5.76 Å². The lowest BCUT2D eigenvalue weighted by Crippen LogP contribution is -2.29. The quantitative estimate of drug-likeness (QED) is 0.226. The van der Waals surface area contributed by atoms with Crippen molar-refractivity contribution < 1.29 is 13.9 Å². The predicted octanol–water partition coefficient (Wildman–Crippen LogP) is 7.41. The van der Waals surface area contributed by atoms with Crippen molar-refractivity contribution in [1.82, 2.24) is 4.90 Å². The normalized spacial score (nSPS) is 14.9. The van der Waals surface area contributed by atoms with Gasteiger partial charge in [-0.3, -0.25) is 9.59 Å². The number of carbonyl (C=O) groups excluding carboxylic acids is 1. The third kappa shape index (κ3) is 4.61. The maximum Gasteiger partial charge on any atom is 0.291 e. The van der Waals surface area contributed by atoms with Crippen LogP contribution in [0.15, 0.2) is 75.9 Å². The molecule has 4 aromatic rings. The van der Waals surface area contributed by atoms with Gasteiger partial charge in [-0.25, -0.2) is 0 Å². The van der Waals surface area contributed by atoms with E-state index in [1.807, 2.05) is 42.5 Å². The molecule has 0 saturated carbocycles. The molecule has 0 bridgehead atoms. The summed E-state index contributed by atoms with van der Waals surface area (Å²) in [5.74, 6) is 0.370. The predicted molar refractivity (Wildman–Crippen MR) is 142 cm³/mol. The van der Waals surface area contributed by atoms with Gasteiger partial charge in [-0.05, 0) is 53.9 Å². The summed E-state index contributed by atoms with van der Waals surface area (Å²) in [4.78, 5) is 29.1. The Hall–Kier alpha value is -3.28. The van der Waals surface area contributed by atoms with E-state index in [9.17, 15) is 9.59 Å². The first-order valence-corrected chi connectivity index (χ1v) is 12.8. The Bertz CT molecular complexity index is 1500. The van der Waals surface area contributed by atoms with Gasteiger partial charge in [0.25, 0.3) is 5.91 Å². The molecule has 184 valence electrons. The Kier molecular flexibility index (Phi) is 7.04. The molecule has 1 aliphatic heterocycles. The van der Waals surface area contributed by atoms with Crippen molar-refractivity contribution in [1.29, 1.82) is 0 Å².